The number of rotatable bonds is 7. The van der Waals surface area contributed by atoms with E-state index in [1.165, 1.54) is 33.5 Å². The van der Waals surface area contributed by atoms with Gasteiger partial charge in [-0.1, -0.05) is 0 Å². The number of ether oxygens (including phenoxy) is 3. The summed E-state index contributed by atoms with van der Waals surface area (Å²) in [4.78, 5) is 23.3. The number of alkyl halides is 3. The fourth-order valence-electron chi connectivity index (χ4n) is 1.74. The Labute approximate surface area is 136 Å². The van der Waals surface area contributed by atoms with Gasteiger partial charge in [0.2, 0.25) is 11.7 Å². The van der Waals surface area contributed by atoms with Crippen LogP contribution in [-0.2, 0) is 4.79 Å². The van der Waals surface area contributed by atoms with Crippen LogP contribution in [-0.4, -0.2) is 52.4 Å². The zero-order valence-corrected chi connectivity index (χ0v) is 13.2. The summed E-state index contributed by atoms with van der Waals surface area (Å²) in [6, 6.07) is 2.70. The van der Waals surface area contributed by atoms with Gasteiger partial charge in [0.1, 0.15) is 6.54 Å². The molecule has 1 aromatic rings. The minimum absolute atomic E-state index is 0.0909. The van der Waals surface area contributed by atoms with Gasteiger partial charge >= 0.3 is 6.18 Å². The molecule has 134 valence electrons. The lowest BCUT2D eigenvalue weighted by molar-refractivity contribution is -0.137. The number of amides is 2. The summed E-state index contributed by atoms with van der Waals surface area (Å²) < 4.78 is 51.2. The van der Waals surface area contributed by atoms with Crippen LogP contribution >= 0.6 is 0 Å². The van der Waals surface area contributed by atoms with E-state index in [-0.39, 0.29) is 22.8 Å². The van der Waals surface area contributed by atoms with E-state index in [9.17, 15) is 22.8 Å². The van der Waals surface area contributed by atoms with Gasteiger partial charge in [-0.05, 0) is 12.1 Å². The first-order chi connectivity index (χ1) is 11.2. The molecule has 24 heavy (non-hydrogen) atoms. The second kappa shape index (κ2) is 8.27. The fourth-order valence-corrected chi connectivity index (χ4v) is 1.74. The summed E-state index contributed by atoms with van der Waals surface area (Å²) >= 11 is 0. The number of hydrogen-bond donors (Lipinski definition) is 2. The van der Waals surface area contributed by atoms with E-state index in [4.69, 9.17) is 14.2 Å². The molecule has 2 N–H and O–H groups in total. The van der Waals surface area contributed by atoms with E-state index < -0.39 is 31.1 Å². The summed E-state index contributed by atoms with van der Waals surface area (Å²) in [5.74, 6) is -0.920. The highest BCUT2D eigenvalue weighted by molar-refractivity contribution is 5.97. The van der Waals surface area contributed by atoms with Gasteiger partial charge < -0.3 is 24.8 Å². The van der Waals surface area contributed by atoms with Crippen LogP contribution in [0.3, 0.4) is 0 Å². The number of nitrogens with one attached hydrogen (secondary N) is 2. The highest BCUT2D eigenvalue weighted by Crippen LogP contribution is 2.38. The number of benzene rings is 1. The Morgan fingerprint density at radius 3 is 1.96 bits per heavy atom. The molecule has 7 nitrogen and oxygen atoms in total. The molecule has 0 atom stereocenters. The van der Waals surface area contributed by atoms with Crippen molar-refractivity contribution >= 4 is 11.8 Å². The van der Waals surface area contributed by atoms with Gasteiger partial charge in [0.15, 0.2) is 11.5 Å². The second-order valence-electron chi connectivity index (χ2n) is 4.49. The lowest BCUT2D eigenvalue weighted by Crippen LogP contribution is -2.40. The first kappa shape index (κ1) is 19.4. The second-order valence-corrected chi connectivity index (χ2v) is 4.49. The maximum Gasteiger partial charge on any atom is 0.405 e. The number of carbonyl (C=O) groups is 2. The summed E-state index contributed by atoms with van der Waals surface area (Å²) in [6.45, 7) is -2.07. The maximum atomic E-state index is 12.0. The highest BCUT2D eigenvalue weighted by atomic mass is 19.4. The molecule has 1 rings (SSSR count). The molecule has 0 saturated heterocycles. The summed E-state index contributed by atoms with van der Waals surface area (Å²) in [7, 11) is 4.12. The van der Waals surface area contributed by atoms with Crippen molar-refractivity contribution in [2.45, 2.75) is 6.18 Å². The molecule has 0 bridgehead atoms. The molecule has 0 aliphatic carbocycles. The lowest BCUT2D eigenvalue weighted by atomic mass is 10.1. The van der Waals surface area contributed by atoms with Crippen molar-refractivity contribution in [3.05, 3.63) is 17.7 Å². The van der Waals surface area contributed by atoms with E-state index in [1.807, 2.05) is 0 Å². The number of halogens is 3. The van der Waals surface area contributed by atoms with E-state index in [2.05, 4.69) is 5.32 Å². The molecule has 0 aromatic heterocycles. The van der Waals surface area contributed by atoms with Gasteiger partial charge in [0, 0.05) is 5.56 Å². The van der Waals surface area contributed by atoms with Crippen molar-refractivity contribution < 1.29 is 37.0 Å². The third-order valence-electron chi connectivity index (χ3n) is 2.82. The van der Waals surface area contributed by atoms with Crippen LogP contribution in [0.25, 0.3) is 0 Å². The normalized spacial score (nSPS) is 10.8. The number of methoxy groups -OCH3 is 3. The van der Waals surface area contributed by atoms with Gasteiger partial charge in [-0.2, -0.15) is 13.2 Å². The quantitative estimate of drug-likeness (QED) is 0.770. The Hall–Kier alpha value is -2.65. The number of hydrogen-bond acceptors (Lipinski definition) is 5. The standard InChI is InChI=1S/C14H17F3N2O5/c1-22-9-4-8(5-10(23-2)12(9)24-3)13(21)18-6-11(20)19-7-14(15,16)17/h4-5H,6-7H2,1-3H3,(H,18,21)(H,19,20). The van der Waals surface area contributed by atoms with Crippen LogP contribution in [0.15, 0.2) is 12.1 Å². The minimum atomic E-state index is -4.52. The molecule has 0 aliphatic heterocycles. The maximum absolute atomic E-state index is 12.0. The van der Waals surface area contributed by atoms with Crippen LogP contribution in [0.4, 0.5) is 13.2 Å². The van der Waals surface area contributed by atoms with E-state index >= 15 is 0 Å². The molecule has 0 heterocycles. The van der Waals surface area contributed by atoms with Crippen molar-refractivity contribution in [2.24, 2.45) is 0 Å². The largest absolute Gasteiger partial charge is 0.493 e. The molecular weight excluding hydrogens is 333 g/mol. The van der Waals surface area contributed by atoms with E-state index in [1.54, 1.807) is 5.32 Å². The summed E-state index contributed by atoms with van der Waals surface area (Å²) in [6.07, 6.45) is -4.52. The predicted molar refractivity (Wildman–Crippen MR) is 77.5 cm³/mol. The summed E-state index contributed by atoms with van der Waals surface area (Å²) in [5, 5.41) is 3.85. The van der Waals surface area contributed by atoms with Gasteiger partial charge in [-0.15, -0.1) is 0 Å². The van der Waals surface area contributed by atoms with Gasteiger partial charge in [-0.3, -0.25) is 9.59 Å². The third-order valence-corrected chi connectivity index (χ3v) is 2.82. The zero-order chi connectivity index (χ0) is 18.3. The van der Waals surface area contributed by atoms with Crippen molar-refractivity contribution in [3.8, 4) is 17.2 Å². The molecule has 10 heteroatoms. The molecule has 0 spiro atoms. The highest BCUT2D eigenvalue weighted by Gasteiger charge is 2.27. The smallest absolute Gasteiger partial charge is 0.405 e. The average molecular weight is 350 g/mol. The molecule has 2 amide bonds. The SMILES string of the molecule is COc1cc(C(=O)NCC(=O)NCC(F)(F)F)cc(OC)c1OC. The topological polar surface area (TPSA) is 85.9 Å². The third kappa shape index (κ3) is 5.52. The summed E-state index contributed by atoms with van der Waals surface area (Å²) in [5.41, 5.74) is 0.0909. The van der Waals surface area contributed by atoms with Gasteiger partial charge in [-0.25, -0.2) is 0 Å². The molecule has 0 saturated carbocycles. The van der Waals surface area contributed by atoms with Crippen LogP contribution < -0.4 is 24.8 Å². The Kier molecular flexibility index (Phi) is 6.69. The molecule has 0 unspecified atom stereocenters. The Morgan fingerprint density at radius 2 is 1.54 bits per heavy atom. The van der Waals surface area contributed by atoms with Crippen LogP contribution in [0.1, 0.15) is 10.4 Å². The van der Waals surface area contributed by atoms with Crippen LogP contribution in [0, 0.1) is 0 Å². The Balaban J connectivity index is 2.76. The zero-order valence-electron chi connectivity index (χ0n) is 13.2. The molecule has 0 fully saturated rings. The Morgan fingerprint density at radius 1 is 1.00 bits per heavy atom. The van der Waals surface area contributed by atoms with Gasteiger partial charge in [0.05, 0.1) is 27.9 Å². The first-order valence-corrected chi connectivity index (χ1v) is 6.63. The van der Waals surface area contributed by atoms with Crippen molar-refractivity contribution in [1.29, 1.82) is 0 Å². The predicted octanol–water partition coefficient (Wildman–Crippen LogP) is 1.12. The van der Waals surface area contributed by atoms with Crippen molar-refractivity contribution in [2.75, 3.05) is 34.4 Å². The lowest BCUT2D eigenvalue weighted by Gasteiger charge is -2.14. The minimum Gasteiger partial charge on any atom is -0.493 e. The Bertz CT molecular complexity index is 580. The van der Waals surface area contributed by atoms with E-state index in [0.29, 0.717) is 0 Å². The molecule has 0 aliphatic rings. The fraction of sp³-hybridized carbons (Fsp3) is 0.429. The van der Waals surface area contributed by atoms with E-state index in [0.717, 1.165) is 0 Å². The van der Waals surface area contributed by atoms with Crippen molar-refractivity contribution in [1.82, 2.24) is 10.6 Å². The van der Waals surface area contributed by atoms with Crippen LogP contribution in [0.2, 0.25) is 0 Å². The van der Waals surface area contributed by atoms with Gasteiger partial charge in [0.25, 0.3) is 5.91 Å². The molecule has 1 aromatic carbocycles. The average Bonchev–Trinajstić information content (AvgIpc) is 2.55. The van der Waals surface area contributed by atoms with Crippen molar-refractivity contribution in [3.63, 3.8) is 0 Å². The van der Waals surface area contributed by atoms with Crippen LogP contribution in [0.5, 0.6) is 17.2 Å². The number of carbonyl (C=O) groups excluding carboxylic acids is 2. The monoisotopic (exact) mass is 350 g/mol. The first-order valence-electron chi connectivity index (χ1n) is 6.63. The molecule has 0 radical (unpaired) electrons. The molecular formula is C14H17F3N2O5.